The summed E-state index contributed by atoms with van der Waals surface area (Å²) in [7, 11) is 1.60. The molecule has 1 heterocycles. The first-order valence-electron chi connectivity index (χ1n) is 9.54. The van der Waals surface area contributed by atoms with Crippen LogP contribution in [0, 0.1) is 10.1 Å². The number of methoxy groups -OCH3 is 1. The third kappa shape index (κ3) is 3.77. The van der Waals surface area contributed by atoms with Gasteiger partial charge in [0.2, 0.25) is 0 Å². The minimum absolute atomic E-state index is 0.0275. The predicted octanol–water partition coefficient (Wildman–Crippen LogP) is 4.60. The van der Waals surface area contributed by atoms with Crippen LogP contribution in [0.3, 0.4) is 0 Å². The van der Waals surface area contributed by atoms with E-state index in [0.717, 1.165) is 28.8 Å². The van der Waals surface area contributed by atoms with E-state index in [0.29, 0.717) is 17.3 Å². The fourth-order valence-electron chi connectivity index (χ4n) is 3.23. The number of nitrogens with zero attached hydrogens (tertiary/aromatic N) is 3. The summed E-state index contributed by atoms with van der Waals surface area (Å²) in [4.78, 5) is 15.4. The summed E-state index contributed by atoms with van der Waals surface area (Å²) in [6.07, 6.45) is 0.964. The van der Waals surface area contributed by atoms with Gasteiger partial charge in [0.05, 0.1) is 17.7 Å². The normalized spacial score (nSPS) is 12.7. The zero-order valence-corrected chi connectivity index (χ0v) is 16.6. The number of amidine groups is 1. The fourth-order valence-corrected chi connectivity index (χ4v) is 3.23. The first-order valence-corrected chi connectivity index (χ1v) is 9.54. The lowest BCUT2D eigenvalue weighted by Gasteiger charge is -2.09. The second-order valence-corrected chi connectivity index (χ2v) is 6.77. The molecule has 7 nitrogen and oxygen atoms in total. The van der Waals surface area contributed by atoms with Crippen LogP contribution in [0.25, 0.3) is 0 Å². The van der Waals surface area contributed by atoms with Crippen molar-refractivity contribution in [2.45, 2.75) is 13.3 Å². The number of hydrogen-bond acceptors (Lipinski definition) is 6. The lowest BCUT2D eigenvalue weighted by atomic mass is 10.00. The van der Waals surface area contributed by atoms with Crippen molar-refractivity contribution in [2.24, 2.45) is 10.1 Å². The molecule has 3 aromatic carbocycles. The molecular weight excluding hydrogens is 380 g/mol. The smallest absolute Gasteiger partial charge is 0.269 e. The van der Waals surface area contributed by atoms with Crippen LogP contribution in [0.2, 0.25) is 0 Å². The van der Waals surface area contributed by atoms with Crippen molar-refractivity contribution in [2.75, 3.05) is 7.11 Å². The number of nitro benzene ring substituents is 1. The van der Waals surface area contributed by atoms with Gasteiger partial charge in [0.15, 0.2) is 5.84 Å². The number of aliphatic imine (C=N–C) groups is 1. The standard InChI is InChI=1S/C23H20N4O3/c1-3-15-4-6-17(7-5-15)23-24-21-13-12-19(30-2)14-20(21)22(25-26-23)16-8-10-18(11-9-16)27(28)29/h4-14H,3H2,1-2H3,(H,24,26). The van der Waals surface area contributed by atoms with Gasteiger partial charge in [0.1, 0.15) is 11.5 Å². The summed E-state index contributed by atoms with van der Waals surface area (Å²) < 4.78 is 5.38. The molecule has 7 heteroatoms. The van der Waals surface area contributed by atoms with E-state index in [-0.39, 0.29) is 5.69 Å². The van der Waals surface area contributed by atoms with Crippen molar-refractivity contribution in [1.29, 1.82) is 0 Å². The second-order valence-electron chi connectivity index (χ2n) is 6.77. The average Bonchev–Trinajstić information content (AvgIpc) is 2.98. The lowest BCUT2D eigenvalue weighted by molar-refractivity contribution is -0.384. The topological polar surface area (TPSA) is 89.1 Å². The molecule has 1 aliphatic heterocycles. The Hall–Kier alpha value is -4.00. The fraction of sp³-hybridized carbons (Fsp3) is 0.130. The Morgan fingerprint density at radius 1 is 1.00 bits per heavy atom. The van der Waals surface area contributed by atoms with Gasteiger partial charge in [-0.25, -0.2) is 4.99 Å². The van der Waals surface area contributed by atoms with Crippen LogP contribution in [-0.4, -0.2) is 23.6 Å². The van der Waals surface area contributed by atoms with Crippen LogP contribution in [0.1, 0.15) is 29.2 Å². The number of hydrazone groups is 1. The van der Waals surface area contributed by atoms with E-state index in [1.165, 1.54) is 17.7 Å². The Morgan fingerprint density at radius 3 is 2.33 bits per heavy atom. The minimum Gasteiger partial charge on any atom is -0.497 e. The van der Waals surface area contributed by atoms with Gasteiger partial charge in [-0.05, 0) is 42.3 Å². The number of benzene rings is 3. The quantitative estimate of drug-likeness (QED) is 0.501. The van der Waals surface area contributed by atoms with Gasteiger partial charge in [-0.2, -0.15) is 5.10 Å². The summed E-state index contributed by atoms with van der Waals surface area (Å²) in [6.45, 7) is 2.11. The van der Waals surface area contributed by atoms with Crippen LogP contribution in [-0.2, 0) is 6.42 Å². The highest BCUT2D eigenvalue weighted by atomic mass is 16.6. The molecule has 0 aliphatic carbocycles. The number of nitrogens with one attached hydrogen (secondary N) is 1. The Balaban J connectivity index is 1.81. The zero-order chi connectivity index (χ0) is 21.1. The van der Waals surface area contributed by atoms with Gasteiger partial charge in [-0.15, -0.1) is 0 Å². The number of ether oxygens (including phenoxy) is 1. The maximum absolute atomic E-state index is 11.0. The highest BCUT2D eigenvalue weighted by molar-refractivity contribution is 6.18. The number of non-ortho nitro benzene ring substituents is 1. The van der Waals surface area contributed by atoms with E-state index in [4.69, 9.17) is 9.73 Å². The van der Waals surface area contributed by atoms with Gasteiger partial charge in [-0.1, -0.05) is 31.2 Å². The number of fused-ring (bicyclic) bond motifs is 1. The predicted molar refractivity (Wildman–Crippen MR) is 117 cm³/mol. The average molecular weight is 400 g/mol. The second kappa shape index (κ2) is 8.16. The van der Waals surface area contributed by atoms with Crippen molar-refractivity contribution in [3.8, 4) is 5.75 Å². The third-order valence-electron chi connectivity index (χ3n) is 4.95. The SMILES string of the molecule is CCc1ccc(C2=Nc3ccc(OC)cc3C(c3ccc([N+](=O)[O-])cc3)=NN2)cc1. The number of hydrogen-bond donors (Lipinski definition) is 1. The molecule has 0 unspecified atom stereocenters. The molecule has 0 amide bonds. The molecule has 0 aromatic heterocycles. The molecule has 3 aromatic rings. The maximum atomic E-state index is 11.0. The molecular formula is C23H20N4O3. The van der Waals surface area contributed by atoms with Crippen LogP contribution >= 0.6 is 0 Å². The lowest BCUT2D eigenvalue weighted by Crippen LogP contribution is -2.19. The summed E-state index contributed by atoms with van der Waals surface area (Å²) in [5.74, 6) is 1.30. The molecule has 0 spiro atoms. The molecule has 1 N–H and O–H groups in total. The Bertz CT molecular complexity index is 1150. The van der Waals surface area contributed by atoms with E-state index >= 15 is 0 Å². The van der Waals surface area contributed by atoms with Crippen molar-refractivity contribution >= 4 is 22.9 Å². The summed E-state index contributed by atoms with van der Waals surface area (Å²) in [5, 5.41) is 15.6. The number of nitro groups is 1. The van der Waals surface area contributed by atoms with Crippen LogP contribution < -0.4 is 10.2 Å². The van der Waals surface area contributed by atoms with Crippen molar-refractivity contribution in [3.63, 3.8) is 0 Å². The van der Waals surface area contributed by atoms with Gasteiger partial charge in [0, 0.05) is 28.8 Å². The zero-order valence-electron chi connectivity index (χ0n) is 16.6. The van der Waals surface area contributed by atoms with Gasteiger partial charge in [0.25, 0.3) is 5.69 Å². The van der Waals surface area contributed by atoms with E-state index in [2.05, 4.69) is 29.6 Å². The van der Waals surface area contributed by atoms with Gasteiger partial charge < -0.3 is 4.74 Å². The van der Waals surface area contributed by atoms with E-state index in [9.17, 15) is 10.1 Å². The molecule has 0 saturated heterocycles. The molecule has 0 fully saturated rings. The van der Waals surface area contributed by atoms with Crippen molar-refractivity contribution < 1.29 is 9.66 Å². The molecule has 30 heavy (non-hydrogen) atoms. The Morgan fingerprint density at radius 2 is 1.70 bits per heavy atom. The minimum atomic E-state index is -0.422. The van der Waals surface area contributed by atoms with E-state index in [1.54, 1.807) is 19.2 Å². The number of aryl methyl sites for hydroxylation is 1. The first-order chi connectivity index (χ1) is 14.6. The van der Waals surface area contributed by atoms with Crippen molar-refractivity contribution in [1.82, 2.24) is 5.43 Å². The van der Waals surface area contributed by atoms with E-state index in [1.807, 2.05) is 30.3 Å². The molecule has 150 valence electrons. The van der Waals surface area contributed by atoms with Gasteiger partial charge >= 0.3 is 0 Å². The monoisotopic (exact) mass is 400 g/mol. The van der Waals surface area contributed by atoms with Crippen LogP contribution in [0.5, 0.6) is 5.75 Å². The molecule has 0 radical (unpaired) electrons. The number of rotatable bonds is 5. The van der Waals surface area contributed by atoms with Gasteiger partial charge in [-0.3, -0.25) is 15.5 Å². The first kappa shape index (κ1) is 19.3. The third-order valence-corrected chi connectivity index (χ3v) is 4.95. The van der Waals surface area contributed by atoms with Crippen LogP contribution in [0.4, 0.5) is 11.4 Å². The maximum Gasteiger partial charge on any atom is 0.269 e. The molecule has 1 aliphatic rings. The Labute approximate surface area is 173 Å². The largest absolute Gasteiger partial charge is 0.497 e. The van der Waals surface area contributed by atoms with Crippen molar-refractivity contribution in [3.05, 3.63) is 99.1 Å². The Kier molecular flexibility index (Phi) is 5.26. The molecule has 4 rings (SSSR count). The summed E-state index contributed by atoms with van der Waals surface area (Å²) in [6, 6.07) is 20.1. The summed E-state index contributed by atoms with van der Waals surface area (Å²) >= 11 is 0. The summed E-state index contributed by atoms with van der Waals surface area (Å²) in [5.41, 5.74) is 8.13. The molecule has 0 atom stereocenters. The molecule has 0 saturated carbocycles. The highest BCUT2D eigenvalue weighted by Crippen LogP contribution is 2.30. The van der Waals surface area contributed by atoms with Crippen LogP contribution in [0.15, 0.2) is 76.8 Å². The van der Waals surface area contributed by atoms with E-state index < -0.39 is 4.92 Å². The molecule has 0 bridgehead atoms. The highest BCUT2D eigenvalue weighted by Gasteiger charge is 2.19.